The van der Waals surface area contributed by atoms with E-state index in [2.05, 4.69) is 22.3 Å². The molecule has 0 bridgehead atoms. The van der Waals surface area contributed by atoms with Crippen LogP contribution >= 0.6 is 11.6 Å². The van der Waals surface area contributed by atoms with E-state index in [-0.39, 0.29) is 6.10 Å². The van der Waals surface area contributed by atoms with Gasteiger partial charge in [-0.1, -0.05) is 36.6 Å². The maximum Gasteiger partial charge on any atom is 0.0692 e. The molecular formula is C19H29ClN2O. The molecule has 4 heteroatoms. The van der Waals surface area contributed by atoms with Gasteiger partial charge >= 0.3 is 0 Å². The molecule has 0 spiro atoms. The van der Waals surface area contributed by atoms with Gasteiger partial charge in [0.25, 0.3) is 0 Å². The molecule has 1 unspecified atom stereocenters. The van der Waals surface area contributed by atoms with Crippen molar-refractivity contribution in [2.75, 3.05) is 19.6 Å². The summed E-state index contributed by atoms with van der Waals surface area (Å²) in [6.07, 6.45) is 7.21. The van der Waals surface area contributed by atoms with Gasteiger partial charge in [-0.25, -0.2) is 0 Å². The van der Waals surface area contributed by atoms with E-state index in [1.807, 2.05) is 12.1 Å². The highest BCUT2D eigenvalue weighted by Gasteiger charge is 2.25. The van der Waals surface area contributed by atoms with Gasteiger partial charge in [0, 0.05) is 24.2 Å². The highest BCUT2D eigenvalue weighted by atomic mass is 35.5. The Balaban J connectivity index is 1.35. The monoisotopic (exact) mass is 336 g/mol. The number of rotatable bonds is 6. The van der Waals surface area contributed by atoms with Crippen molar-refractivity contribution in [1.82, 2.24) is 10.2 Å². The van der Waals surface area contributed by atoms with Crippen molar-refractivity contribution in [1.29, 1.82) is 0 Å². The van der Waals surface area contributed by atoms with E-state index >= 15 is 0 Å². The van der Waals surface area contributed by atoms with E-state index < -0.39 is 0 Å². The Morgan fingerprint density at radius 3 is 2.39 bits per heavy atom. The molecule has 2 fully saturated rings. The minimum absolute atomic E-state index is 0.149. The normalized spacial score (nSPS) is 22.5. The Morgan fingerprint density at radius 2 is 1.74 bits per heavy atom. The summed E-state index contributed by atoms with van der Waals surface area (Å²) in [5.41, 5.74) is 1.33. The molecule has 1 aliphatic carbocycles. The number of piperidine rings is 1. The molecule has 1 saturated heterocycles. The molecule has 1 saturated carbocycles. The Hall–Kier alpha value is -0.610. The number of hydrogen-bond acceptors (Lipinski definition) is 3. The molecule has 3 nitrogen and oxygen atoms in total. The van der Waals surface area contributed by atoms with Gasteiger partial charge in [0.2, 0.25) is 0 Å². The van der Waals surface area contributed by atoms with Crippen molar-refractivity contribution in [2.24, 2.45) is 5.92 Å². The lowest BCUT2D eigenvalue weighted by atomic mass is 9.99. The summed E-state index contributed by atoms with van der Waals surface area (Å²) in [6.45, 7) is 4.03. The molecule has 23 heavy (non-hydrogen) atoms. The molecule has 2 aliphatic rings. The maximum absolute atomic E-state index is 10.3. The molecule has 0 radical (unpaired) electrons. The number of likely N-dealkylation sites (tertiary alicyclic amines) is 1. The van der Waals surface area contributed by atoms with Crippen molar-refractivity contribution in [3.05, 3.63) is 34.9 Å². The van der Waals surface area contributed by atoms with Crippen LogP contribution in [-0.2, 0) is 6.54 Å². The van der Waals surface area contributed by atoms with Gasteiger partial charge in [0.05, 0.1) is 6.10 Å². The van der Waals surface area contributed by atoms with Crippen LogP contribution < -0.4 is 5.32 Å². The van der Waals surface area contributed by atoms with Gasteiger partial charge in [-0.05, 0) is 62.4 Å². The molecule has 1 aromatic rings. The average molecular weight is 337 g/mol. The first-order chi connectivity index (χ1) is 11.2. The minimum Gasteiger partial charge on any atom is -0.392 e. The molecule has 1 aromatic carbocycles. The SMILES string of the molecule is OC(CNC1CCN(Cc2ccc(Cl)cc2)CC1)C1CCCC1. The second-order valence-corrected chi connectivity index (χ2v) is 7.63. The zero-order valence-corrected chi connectivity index (χ0v) is 14.6. The van der Waals surface area contributed by atoms with Crippen molar-refractivity contribution in [3.63, 3.8) is 0 Å². The molecule has 2 N–H and O–H groups in total. The lowest BCUT2D eigenvalue weighted by molar-refractivity contribution is 0.0993. The first-order valence-electron chi connectivity index (χ1n) is 9.09. The van der Waals surface area contributed by atoms with Crippen LogP contribution in [0.4, 0.5) is 0 Å². The van der Waals surface area contributed by atoms with Crippen molar-refractivity contribution < 1.29 is 5.11 Å². The summed E-state index contributed by atoms with van der Waals surface area (Å²) >= 11 is 5.94. The minimum atomic E-state index is -0.149. The van der Waals surface area contributed by atoms with E-state index in [0.29, 0.717) is 12.0 Å². The topological polar surface area (TPSA) is 35.5 Å². The van der Waals surface area contributed by atoms with Crippen LogP contribution in [0.25, 0.3) is 0 Å². The van der Waals surface area contributed by atoms with Gasteiger partial charge in [0.15, 0.2) is 0 Å². The zero-order chi connectivity index (χ0) is 16.1. The van der Waals surface area contributed by atoms with Gasteiger partial charge in [-0.2, -0.15) is 0 Å². The number of nitrogens with zero attached hydrogens (tertiary/aromatic N) is 1. The smallest absolute Gasteiger partial charge is 0.0692 e. The number of benzene rings is 1. The molecular weight excluding hydrogens is 308 g/mol. The van der Waals surface area contributed by atoms with Crippen LogP contribution in [0, 0.1) is 5.92 Å². The number of nitrogens with one attached hydrogen (secondary N) is 1. The van der Waals surface area contributed by atoms with Gasteiger partial charge in [-0.3, -0.25) is 4.90 Å². The summed E-state index contributed by atoms with van der Waals surface area (Å²) in [5, 5.41) is 14.7. The summed E-state index contributed by atoms with van der Waals surface area (Å²) in [4.78, 5) is 2.51. The third kappa shape index (κ3) is 5.18. The average Bonchev–Trinajstić information content (AvgIpc) is 3.11. The molecule has 1 heterocycles. The van der Waals surface area contributed by atoms with Crippen molar-refractivity contribution in [3.8, 4) is 0 Å². The molecule has 0 amide bonds. The van der Waals surface area contributed by atoms with Gasteiger partial charge in [-0.15, -0.1) is 0 Å². The first kappa shape index (κ1) is 17.2. The molecule has 1 atom stereocenters. The lowest BCUT2D eigenvalue weighted by Crippen LogP contribution is -2.45. The number of halogens is 1. The third-order valence-corrected chi connectivity index (χ3v) is 5.72. The van der Waals surface area contributed by atoms with Crippen LogP contribution in [0.3, 0.4) is 0 Å². The third-order valence-electron chi connectivity index (χ3n) is 5.47. The zero-order valence-electron chi connectivity index (χ0n) is 13.9. The van der Waals surface area contributed by atoms with Crippen LogP contribution in [-0.4, -0.2) is 41.8 Å². The van der Waals surface area contributed by atoms with Crippen LogP contribution in [0.1, 0.15) is 44.1 Å². The van der Waals surface area contributed by atoms with E-state index in [0.717, 1.165) is 31.2 Å². The fraction of sp³-hybridized carbons (Fsp3) is 0.684. The van der Waals surface area contributed by atoms with Gasteiger partial charge < -0.3 is 10.4 Å². The fourth-order valence-corrected chi connectivity index (χ4v) is 4.07. The standard InChI is InChI=1S/C19H29ClN2O/c20-17-7-5-15(6-8-17)14-22-11-9-18(10-12-22)21-13-19(23)16-3-1-2-4-16/h5-8,16,18-19,21,23H,1-4,9-14H2. The van der Waals surface area contributed by atoms with E-state index in [1.165, 1.54) is 44.1 Å². The summed E-state index contributed by atoms with van der Waals surface area (Å²) in [6, 6.07) is 8.73. The van der Waals surface area contributed by atoms with Gasteiger partial charge in [0.1, 0.15) is 0 Å². The predicted molar refractivity (Wildman–Crippen MR) is 95.7 cm³/mol. The van der Waals surface area contributed by atoms with E-state index in [4.69, 9.17) is 11.6 Å². The largest absolute Gasteiger partial charge is 0.392 e. The Kier molecular flexibility index (Phi) is 6.35. The van der Waals surface area contributed by atoms with Crippen molar-refractivity contribution in [2.45, 2.75) is 57.2 Å². The number of aliphatic hydroxyl groups excluding tert-OH is 1. The first-order valence-corrected chi connectivity index (χ1v) is 9.47. The maximum atomic E-state index is 10.3. The number of aliphatic hydroxyl groups is 1. The second-order valence-electron chi connectivity index (χ2n) is 7.20. The molecule has 0 aromatic heterocycles. The summed E-state index contributed by atoms with van der Waals surface area (Å²) in [5.74, 6) is 0.535. The highest BCUT2D eigenvalue weighted by molar-refractivity contribution is 6.30. The Labute approximate surface area is 145 Å². The van der Waals surface area contributed by atoms with E-state index in [1.54, 1.807) is 0 Å². The molecule has 128 valence electrons. The van der Waals surface area contributed by atoms with Crippen LogP contribution in [0.2, 0.25) is 5.02 Å². The Bertz CT molecular complexity index is 465. The molecule has 1 aliphatic heterocycles. The number of hydrogen-bond donors (Lipinski definition) is 2. The van der Waals surface area contributed by atoms with Crippen LogP contribution in [0.15, 0.2) is 24.3 Å². The lowest BCUT2D eigenvalue weighted by Gasteiger charge is -2.33. The quantitative estimate of drug-likeness (QED) is 0.835. The second kappa shape index (κ2) is 8.48. The van der Waals surface area contributed by atoms with Crippen LogP contribution in [0.5, 0.6) is 0 Å². The Morgan fingerprint density at radius 1 is 1.09 bits per heavy atom. The highest BCUT2D eigenvalue weighted by Crippen LogP contribution is 2.27. The van der Waals surface area contributed by atoms with E-state index in [9.17, 15) is 5.11 Å². The molecule has 3 rings (SSSR count). The fourth-order valence-electron chi connectivity index (χ4n) is 3.94. The van der Waals surface area contributed by atoms with Crippen molar-refractivity contribution >= 4 is 11.6 Å². The summed E-state index contributed by atoms with van der Waals surface area (Å²) in [7, 11) is 0. The predicted octanol–water partition coefficient (Wildman–Crippen LogP) is 3.45. The summed E-state index contributed by atoms with van der Waals surface area (Å²) < 4.78 is 0.